The van der Waals surface area contributed by atoms with E-state index < -0.39 is 11.0 Å². The average Bonchev–Trinajstić information content (AvgIpc) is 2.54. The van der Waals surface area contributed by atoms with Crippen LogP contribution in [-0.4, -0.2) is 66.5 Å². The number of hydrogen-bond donors (Lipinski definition) is 1. The lowest BCUT2D eigenvalue weighted by Crippen LogP contribution is -2.46. The van der Waals surface area contributed by atoms with E-state index in [-0.39, 0.29) is 11.6 Å². The van der Waals surface area contributed by atoms with Crippen molar-refractivity contribution in [2.75, 3.05) is 45.1 Å². The van der Waals surface area contributed by atoms with Crippen LogP contribution >= 0.6 is 0 Å². The monoisotopic (exact) mass is 320 g/mol. The Bertz CT molecular complexity index is 613. The summed E-state index contributed by atoms with van der Waals surface area (Å²) in [6.45, 7) is 4.77. The van der Waals surface area contributed by atoms with Crippen molar-refractivity contribution in [2.45, 2.75) is 12.5 Å². The van der Waals surface area contributed by atoms with Gasteiger partial charge in [-0.25, -0.2) is 0 Å². The van der Waals surface area contributed by atoms with Crippen molar-refractivity contribution in [1.29, 1.82) is 0 Å². The lowest BCUT2D eigenvalue weighted by atomic mass is 10.1. The van der Waals surface area contributed by atoms with Crippen LogP contribution < -0.4 is 10.1 Å². The molecular weight excluding hydrogens is 300 g/mol. The van der Waals surface area contributed by atoms with Crippen LogP contribution in [0.2, 0.25) is 0 Å². The second-order valence-electron chi connectivity index (χ2n) is 5.97. The Morgan fingerprint density at radius 2 is 2.09 bits per heavy atom. The SMILES string of the molecule is CN1CCN(CC[C@H]2Oc3cc([N+](=O)[O-])ccc3NC2=O)CC1. The molecule has 8 nitrogen and oxygen atoms in total. The lowest BCUT2D eigenvalue weighted by molar-refractivity contribution is -0.384. The summed E-state index contributed by atoms with van der Waals surface area (Å²) in [4.78, 5) is 27.1. The number of nitro groups is 1. The molecule has 1 saturated heterocycles. The van der Waals surface area contributed by atoms with Crippen LogP contribution in [0.4, 0.5) is 11.4 Å². The average molecular weight is 320 g/mol. The summed E-state index contributed by atoms with van der Waals surface area (Å²) in [6.07, 6.45) is -0.0401. The van der Waals surface area contributed by atoms with Crippen LogP contribution in [0.15, 0.2) is 18.2 Å². The third-order valence-electron chi connectivity index (χ3n) is 4.30. The molecule has 1 N–H and O–H groups in total. The molecule has 0 spiro atoms. The zero-order valence-corrected chi connectivity index (χ0v) is 13.0. The van der Waals surface area contributed by atoms with Crippen molar-refractivity contribution < 1.29 is 14.5 Å². The third kappa shape index (κ3) is 3.59. The molecule has 3 rings (SSSR count). The van der Waals surface area contributed by atoms with Crippen LogP contribution in [0.5, 0.6) is 5.75 Å². The number of benzene rings is 1. The van der Waals surface area contributed by atoms with Gasteiger partial charge in [-0.15, -0.1) is 0 Å². The number of anilines is 1. The number of nitro benzene ring substituents is 1. The Morgan fingerprint density at radius 1 is 1.35 bits per heavy atom. The normalized spacial score (nSPS) is 22.1. The zero-order valence-electron chi connectivity index (χ0n) is 13.0. The number of rotatable bonds is 4. The van der Waals surface area contributed by atoms with E-state index in [1.165, 1.54) is 18.2 Å². The van der Waals surface area contributed by atoms with Crippen molar-refractivity contribution >= 4 is 17.3 Å². The van der Waals surface area contributed by atoms with Crippen LogP contribution in [0, 0.1) is 10.1 Å². The molecule has 124 valence electrons. The highest BCUT2D eigenvalue weighted by atomic mass is 16.6. The molecule has 0 unspecified atom stereocenters. The molecule has 0 radical (unpaired) electrons. The molecular formula is C15H20N4O4. The maximum Gasteiger partial charge on any atom is 0.273 e. The van der Waals surface area contributed by atoms with Gasteiger partial charge >= 0.3 is 0 Å². The predicted octanol–water partition coefficient (Wildman–Crippen LogP) is 0.932. The van der Waals surface area contributed by atoms with Gasteiger partial charge in [0.1, 0.15) is 0 Å². The van der Waals surface area contributed by atoms with Gasteiger partial charge in [0.25, 0.3) is 11.6 Å². The van der Waals surface area contributed by atoms with Crippen molar-refractivity contribution in [3.63, 3.8) is 0 Å². The number of carbonyl (C=O) groups is 1. The topological polar surface area (TPSA) is 87.9 Å². The summed E-state index contributed by atoms with van der Waals surface area (Å²) >= 11 is 0. The number of hydrogen-bond acceptors (Lipinski definition) is 6. The lowest BCUT2D eigenvalue weighted by Gasteiger charge is -2.33. The highest BCUT2D eigenvalue weighted by Crippen LogP contribution is 2.33. The number of fused-ring (bicyclic) bond motifs is 1. The van der Waals surface area contributed by atoms with Gasteiger partial charge in [0.05, 0.1) is 16.7 Å². The first-order valence-corrected chi connectivity index (χ1v) is 7.70. The van der Waals surface area contributed by atoms with E-state index in [9.17, 15) is 14.9 Å². The Hall–Kier alpha value is -2.19. The first-order chi connectivity index (χ1) is 11.0. The molecule has 2 heterocycles. The summed E-state index contributed by atoms with van der Waals surface area (Å²) in [5, 5.41) is 13.6. The molecule has 1 aromatic rings. The number of likely N-dealkylation sites (N-methyl/N-ethyl adjacent to an activating group) is 1. The number of carbonyl (C=O) groups excluding carboxylic acids is 1. The molecule has 1 aromatic carbocycles. The van der Waals surface area contributed by atoms with Crippen LogP contribution in [0.25, 0.3) is 0 Å². The van der Waals surface area contributed by atoms with Crippen molar-refractivity contribution in [1.82, 2.24) is 9.80 Å². The van der Waals surface area contributed by atoms with Gasteiger partial charge in [-0.1, -0.05) is 0 Å². The summed E-state index contributed by atoms with van der Waals surface area (Å²) < 4.78 is 5.69. The molecule has 1 atom stereocenters. The molecule has 2 aliphatic rings. The van der Waals surface area contributed by atoms with Crippen molar-refractivity contribution in [3.8, 4) is 5.75 Å². The Morgan fingerprint density at radius 3 is 2.78 bits per heavy atom. The molecule has 1 fully saturated rings. The molecule has 2 aliphatic heterocycles. The highest BCUT2D eigenvalue weighted by molar-refractivity contribution is 5.97. The smallest absolute Gasteiger partial charge is 0.273 e. The van der Waals surface area contributed by atoms with Gasteiger partial charge in [-0.3, -0.25) is 14.9 Å². The van der Waals surface area contributed by atoms with E-state index >= 15 is 0 Å². The minimum atomic E-state index is -0.607. The first kappa shape index (κ1) is 15.7. The van der Waals surface area contributed by atoms with Crippen LogP contribution in [0.3, 0.4) is 0 Å². The highest BCUT2D eigenvalue weighted by Gasteiger charge is 2.29. The number of non-ortho nitro benzene ring substituents is 1. The van der Waals surface area contributed by atoms with E-state index in [1.54, 1.807) is 0 Å². The second-order valence-corrected chi connectivity index (χ2v) is 5.97. The van der Waals surface area contributed by atoms with Gasteiger partial charge < -0.3 is 19.9 Å². The Kier molecular flexibility index (Phi) is 4.44. The number of piperazine rings is 1. The van der Waals surface area contributed by atoms with E-state index in [1.807, 2.05) is 0 Å². The number of ether oxygens (including phenoxy) is 1. The standard InChI is InChI=1S/C15H20N4O4/c1-17-6-8-18(9-7-17)5-4-13-15(20)16-12-3-2-11(19(21)22)10-14(12)23-13/h2-3,10,13H,4-9H2,1H3,(H,16,20)/t13-/m1/s1. The van der Waals surface area contributed by atoms with Gasteiger partial charge in [-0.05, 0) is 13.1 Å². The minimum absolute atomic E-state index is 0.0438. The molecule has 8 heteroatoms. The summed E-state index contributed by atoms with van der Waals surface area (Å²) in [6, 6.07) is 4.21. The van der Waals surface area contributed by atoms with Crippen LogP contribution in [-0.2, 0) is 4.79 Å². The molecule has 0 aliphatic carbocycles. The number of amides is 1. The zero-order chi connectivity index (χ0) is 16.4. The molecule has 0 saturated carbocycles. The van der Waals surface area contributed by atoms with Crippen molar-refractivity contribution in [3.05, 3.63) is 28.3 Å². The molecule has 0 bridgehead atoms. The van der Waals surface area contributed by atoms with E-state index in [4.69, 9.17) is 4.74 Å². The van der Waals surface area contributed by atoms with Crippen LogP contribution in [0.1, 0.15) is 6.42 Å². The van der Waals surface area contributed by atoms with Gasteiger partial charge in [0.15, 0.2) is 11.9 Å². The quantitative estimate of drug-likeness (QED) is 0.656. The van der Waals surface area contributed by atoms with Crippen molar-refractivity contribution in [2.24, 2.45) is 0 Å². The van der Waals surface area contributed by atoms with Gasteiger partial charge in [0.2, 0.25) is 0 Å². The maximum atomic E-state index is 12.1. The number of nitrogens with zero attached hydrogens (tertiary/aromatic N) is 3. The number of nitrogens with one attached hydrogen (secondary N) is 1. The first-order valence-electron chi connectivity index (χ1n) is 7.70. The Labute approximate surface area is 134 Å². The van der Waals surface area contributed by atoms with E-state index in [0.717, 1.165) is 32.7 Å². The fraction of sp³-hybridized carbons (Fsp3) is 0.533. The summed E-state index contributed by atoms with van der Waals surface area (Å²) in [5.41, 5.74) is 0.439. The fourth-order valence-electron chi connectivity index (χ4n) is 2.81. The Balaban J connectivity index is 1.62. The third-order valence-corrected chi connectivity index (χ3v) is 4.30. The summed E-state index contributed by atoms with van der Waals surface area (Å²) in [7, 11) is 2.10. The molecule has 1 amide bonds. The van der Waals surface area contributed by atoms with Gasteiger partial charge in [-0.2, -0.15) is 0 Å². The fourth-order valence-corrected chi connectivity index (χ4v) is 2.81. The summed E-state index contributed by atoms with van der Waals surface area (Å²) in [5.74, 6) is 0.169. The molecule has 23 heavy (non-hydrogen) atoms. The maximum absolute atomic E-state index is 12.1. The predicted molar refractivity (Wildman–Crippen MR) is 84.7 cm³/mol. The minimum Gasteiger partial charge on any atom is -0.478 e. The largest absolute Gasteiger partial charge is 0.478 e. The van der Waals surface area contributed by atoms with Gasteiger partial charge in [0, 0.05) is 45.2 Å². The second kappa shape index (κ2) is 6.51. The van der Waals surface area contributed by atoms with E-state index in [2.05, 4.69) is 22.2 Å². The van der Waals surface area contributed by atoms with E-state index in [0.29, 0.717) is 17.9 Å². The molecule has 0 aromatic heterocycles.